The fourth-order valence-corrected chi connectivity index (χ4v) is 4.41. The molecule has 0 radical (unpaired) electrons. The van der Waals surface area contributed by atoms with Crippen LogP contribution in [-0.4, -0.2) is 62.3 Å². The van der Waals surface area contributed by atoms with E-state index < -0.39 is 23.0 Å². The van der Waals surface area contributed by atoms with Crippen LogP contribution in [0.5, 0.6) is 0 Å². The molecule has 0 N–H and O–H groups in total. The van der Waals surface area contributed by atoms with Gasteiger partial charge in [-0.15, -0.1) is 0 Å². The first-order valence-corrected chi connectivity index (χ1v) is 17.3. The second-order valence-electron chi connectivity index (χ2n) is 13.9. The van der Waals surface area contributed by atoms with Gasteiger partial charge in [-0.05, 0) is 87.0 Å². The van der Waals surface area contributed by atoms with E-state index in [4.69, 9.17) is 38.2 Å². The molecule has 0 aromatic heterocycles. The highest BCUT2D eigenvalue weighted by Crippen LogP contribution is 2.51. The Balaban J connectivity index is 6.85. The largest absolute Gasteiger partial charge is 0.375 e. The Hall–Kier alpha value is -0.320. The number of hydrogen-bond donors (Lipinski definition) is 0. The van der Waals surface area contributed by atoms with Crippen molar-refractivity contribution >= 4 is 0 Å². The van der Waals surface area contributed by atoms with Crippen molar-refractivity contribution in [2.24, 2.45) is 11.3 Å². The van der Waals surface area contributed by atoms with Crippen LogP contribution in [0.1, 0.15) is 155 Å². The minimum absolute atomic E-state index is 0.152. The van der Waals surface area contributed by atoms with Crippen LogP contribution in [0.4, 0.5) is 0 Å². The molecular weight excluding hydrogens is 548 g/mol. The summed E-state index contributed by atoms with van der Waals surface area (Å²) in [6.07, 6.45) is 8.23. The zero-order valence-electron chi connectivity index (χ0n) is 30.8. The first-order chi connectivity index (χ1) is 20.1. The second-order valence-corrected chi connectivity index (χ2v) is 13.9. The van der Waals surface area contributed by atoms with Gasteiger partial charge in [-0.3, -0.25) is 0 Å². The van der Waals surface area contributed by atoms with Crippen molar-refractivity contribution < 1.29 is 38.2 Å². The van der Waals surface area contributed by atoms with Crippen molar-refractivity contribution in [3.05, 3.63) is 0 Å². The third-order valence-corrected chi connectivity index (χ3v) is 7.35. The Bertz CT molecular complexity index is 677. The molecule has 0 rings (SSSR count). The molecule has 8 heteroatoms. The van der Waals surface area contributed by atoms with Crippen LogP contribution in [0.3, 0.4) is 0 Å². The van der Waals surface area contributed by atoms with Crippen molar-refractivity contribution in [2.75, 3.05) is 26.4 Å². The van der Waals surface area contributed by atoms with Crippen molar-refractivity contribution in [3.63, 3.8) is 0 Å². The molecule has 0 aliphatic rings. The zero-order valence-corrected chi connectivity index (χ0v) is 30.8. The Labute approximate surface area is 266 Å². The predicted octanol–water partition coefficient (Wildman–Crippen LogP) is 9.58. The summed E-state index contributed by atoms with van der Waals surface area (Å²) in [6, 6.07) is 0. The van der Waals surface area contributed by atoms with Crippen molar-refractivity contribution in [1.82, 2.24) is 0 Å². The third kappa shape index (κ3) is 15.2. The molecule has 0 aromatic rings. The summed E-state index contributed by atoms with van der Waals surface area (Å²) in [5, 5.41) is 0. The lowest BCUT2D eigenvalue weighted by Crippen LogP contribution is -2.68. The van der Waals surface area contributed by atoms with Gasteiger partial charge in [0.15, 0.2) is 0 Å². The minimum atomic E-state index is -1.75. The second kappa shape index (κ2) is 21.5. The van der Waals surface area contributed by atoms with Crippen LogP contribution in [0.15, 0.2) is 0 Å². The smallest absolute Gasteiger partial charge is 0.325 e. The molecule has 43 heavy (non-hydrogen) atoms. The molecule has 0 saturated heterocycles. The summed E-state index contributed by atoms with van der Waals surface area (Å²) in [6.45, 7) is 30.4. The van der Waals surface area contributed by atoms with Crippen LogP contribution >= 0.6 is 0 Å². The standard InChI is InChI=1S/C35H72O8/c1-15-19-22-24-36-31(28(5)6)27-39-43-35(42-32(10,11)12,38-26-23-20-16-2)33(13,14)34(40-29(7)8,37-25-21-17-3)41-30(9)18-4/h28-31H,15-27H2,1-14H3. The molecule has 4 atom stereocenters. The van der Waals surface area contributed by atoms with E-state index in [0.717, 1.165) is 57.8 Å². The molecular formula is C35H72O8. The molecule has 0 amide bonds. The van der Waals surface area contributed by atoms with E-state index >= 15 is 0 Å². The van der Waals surface area contributed by atoms with Gasteiger partial charge >= 0.3 is 5.97 Å². The average molecular weight is 621 g/mol. The highest BCUT2D eigenvalue weighted by atomic mass is 17.3. The molecule has 0 spiro atoms. The maximum absolute atomic E-state index is 6.78. The van der Waals surface area contributed by atoms with Gasteiger partial charge in [0.1, 0.15) is 12.0 Å². The van der Waals surface area contributed by atoms with Crippen LogP contribution in [0, 0.1) is 11.3 Å². The third-order valence-electron chi connectivity index (χ3n) is 7.35. The number of unbranched alkanes of at least 4 members (excludes halogenated alkanes) is 5. The maximum atomic E-state index is 6.78. The van der Waals surface area contributed by atoms with Gasteiger partial charge in [-0.1, -0.05) is 73.6 Å². The Kier molecular flexibility index (Phi) is 21.3. The lowest BCUT2D eigenvalue weighted by atomic mass is 9.85. The van der Waals surface area contributed by atoms with Gasteiger partial charge in [-0.25, -0.2) is 4.89 Å². The molecule has 4 unspecified atom stereocenters. The molecule has 0 saturated carbocycles. The fourth-order valence-electron chi connectivity index (χ4n) is 4.41. The van der Waals surface area contributed by atoms with Gasteiger partial charge in [0.25, 0.3) is 5.97 Å². The van der Waals surface area contributed by atoms with E-state index in [1.165, 1.54) is 0 Å². The van der Waals surface area contributed by atoms with E-state index in [-0.39, 0.29) is 30.8 Å². The number of ether oxygens (including phenoxy) is 6. The Morgan fingerprint density at radius 3 is 1.63 bits per heavy atom. The van der Waals surface area contributed by atoms with Gasteiger partial charge in [0.2, 0.25) is 0 Å². The van der Waals surface area contributed by atoms with E-state index in [1.54, 1.807) is 0 Å². The van der Waals surface area contributed by atoms with Gasteiger partial charge in [0.05, 0.1) is 37.1 Å². The Morgan fingerprint density at radius 2 is 1.14 bits per heavy atom. The minimum Gasteiger partial charge on any atom is -0.375 e. The molecule has 8 nitrogen and oxygen atoms in total. The van der Waals surface area contributed by atoms with Crippen LogP contribution in [0.2, 0.25) is 0 Å². The topological polar surface area (TPSA) is 73.8 Å². The summed E-state index contributed by atoms with van der Waals surface area (Å²) >= 11 is 0. The average Bonchev–Trinajstić information content (AvgIpc) is 2.90. The SMILES string of the molecule is CCCCCOC(COOC(OCCCCC)(OC(C)(C)C)C(C)(C)C(OCCCC)(OC(C)C)OC(C)CC)C(C)C. The highest BCUT2D eigenvalue weighted by molar-refractivity contribution is 4.92. The van der Waals surface area contributed by atoms with Gasteiger partial charge in [-0.2, -0.15) is 4.89 Å². The molecule has 0 heterocycles. The first-order valence-electron chi connectivity index (χ1n) is 17.3. The van der Waals surface area contributed by atoms with E-state index in [0.29, 0.717) is 19.8 Å². The lowest BCUT2D eigenvalue weighted by Gasteiger charge is -2.54. The molecule has 0 aromatic carbocycles. The Morgan fingerprint density at radius 1 is 0.605 bits per heavy atom. The predicted molar refractivity (Wildman–Crippen MR) is 175 cm³/mol. The highest BCUT2D eigenvalue weighted by Gasteiger charge is 2.67. The van der Waals surface area contributed by atoms with Gasteiger partial charge < -0.3 is 28.4 Å². The first kappa shape index (κ1) is 42.7. The summed E-state index contributed by atoms with van der Waals surface area (Å²) in [7, 11) is 0. The van der Waals surface area contributed by atoms with Crippen LogP contribution < -0.4 is 0 Å². The fraction of sp³-hybridized carbons (Fsp3) is 1.00. The summed E-state index contributed by atoms with van der Waals surface area (Å²) in [5.74, 6) is -3.09. The summed E-state index contributed by atoms with van der Waals surface area (Å²) < 4.78 is 39.7. The van der Waals surface area contributed by atoms with E-state index in [1.807, 2.05) is 55.4 Å². The maximum Gasteiger partial charge on any atom is 0.325 e. The van der Waals surface area contributed by atoms with Crippen LogP contribution in [0.25, 0.3) is 0 Å². The number of hydrogen-bond acceptors (Lipinski definition) is 8. The van der Waals surface area contributed by atoms with Crippen molar-refractivity contribution in [1.29, 1.82) is 0 Å². The summed E-state index contributed by atoms with van der Waals surface area (Å²) in [5.41, 5.74) is -1.86. The van der Waals surface area contributed by atoms with E-state index in [9.17, 15) is 0 Å². The number of rotatable bonds is 27. The molecule has 0 fully saturated rings. The molecule has 0 aliphatic heterocycles. The van der Waals surface area contributed by atoms with Gasteiger partial charge in [0, 0.05) is 6.61 Å². The molecule has 0 aliphatic carbocycles. The zero-order chi connectivity index (χ0) is 33.2. The van der Waals surface area contributed by atoms with Crippen molar-refractivity contribution in [2.45, 2.75) is 191 Å². The normalized spacial score (nSPS) is 17.3. The molecule has 260 valence electrons. The lowest BCUT2D eigenvalue weighted by molar-refractivity contribution is -0.591. The van der Waals surface area contributed by atoms with E-state index in [2.05, 4.69) is 41.5 Å². The summed E-state index contributed by atoms with van der Waals surface area (Å²) in [4.78, 5) is 12.5. The van der Waals surface area contributed by atoms with Crippen molar-refractivity contribution in [3.8, 4) is 0 Å². The van der Waals surface area contributed by atoms with Crippen LogP contribution in [-0.2, 0) is 38.2 Å². The monoisotopic (exact) mass is 621 g/mol. The molecule has 0 bridgehead atoms. The quantitative estimate of drug-likeness (QED) is 0.0389.